The van der Waals surface area contributed by atoms with Crippen molar-refractivity contribution in [1.82, 2.24) is 24.7 Å². The summed E-state index contributed by atoms with van der Waals surface area (Å²) in [6, 6.07) is -0.583. The first kappa shape index (κ1) is 14.0. The lowest BCUT2D eigenvalue weighted by atomic mass is 9.90. The monoisotopic (exact) mass is 313 g/mol. The summed E-state index contributed by atoms with van der Waals surface area (Å²) in [5.74, 6) is -0.474. The van der Waals surface area contributed by atoms with E-state index in [4.69, 9.17) is 0 Å². The highest BCUT2D eigenvalue weighted by Crippen LogP contribution is 2.28. The highest BCUT2D eigenvalue weighted by Gasteiger charge is 2.50. The number of urea groups is 1. The fourth-order valence-electron chi connectivity index (χ4n) is 2.72. The molecule has 114 valence electrons. The predicted octanol–water partition coefficient (Wildman–Crippen LogP) is -1.22. The van der Waals surface area contributed by atoms with Gasteiger partial charge in [0.25, 0.3) is 5.91 Å². The van der Waals surface area contributed by atoms with E-state index in [-0.39, 0.29) is 11.4 Å². The van der Waals surface area contributed by atoms with Crippen LogP contribution >= 0.6 is 0 Å². The van der Waals surface area contributed by atoms with Gasteiger partial charge in [0.05, 0.1) is 6.20 Å². The number of hydrogen-bond donors (Lipinski definition) is 2. The van der Waals surface area contributed by atoms with Crippen LogP contribution < -0.4 is 10.6 Å². The summed E-state index contributed by atoms with van der Waals surface area (Å²) >= 11 is 0. The van der Waals surface area contributed by atoms with Crippen molar-refractivity contribution in [3.63, 3.8) is 0 Å². The normalized spacial score (nSPS) is 26.9. The molecule has 0 radical (unpaired) electrons. The number of carbonyl (C=O) groups is 2. The van der Waals surface area contributed by atoms with Crippen molar-refractivity contribution in [2.75, 3.05) is 13.1 Å². The summed E-state index contributed by atoms with van der Waals surface area (Å²) in [5.41, 5.74) is -1.16. The molecule has 0 bridgehead atoms. The number of nitrogens with zero attached hydrogens (tertiary/aromatic N) is 3. The number of amides is 3. The molecule has 2 saturated heterocycles. The van der Waals surface area contributed by atoms with E-state index in [9.17, 15) is 18.0 Å². The molecule has 3 rings (SSSR count). The molecule has 3 amide bonds. The number of sulfonamides is 1. The molecule has 2 aliphatic rings. The Kier molecular flexibility index (Phi) is 3.02. The minimum Gasteiger partial charge on any atom is -0.322 e. The Labute approximate surface area is 121 Å². The standard InChI is InChI=1S/C11H15N5O4S/c1-15-6-8(5-12-15)21(19,20)16-4-2-3-11(7-16)9(17)13-10(18)14-11/h5-6H,2-4,7H2,1H3,(H2,13,14,17,18). The van der Waals surface area contributed by atoms with E-state index in [2.05, 4.69) is 15.7 Å². The van der Waals surface area contributed by atoms with E-state index < -0.39 is 27.5 Å². The summed E-state index contributed by atoms with van der Waals surface area (Å²) in [6.07, 6.45) is 3.59. The molecular weight excluding hydrogens is 298 g/mol. The van der Waals surface area contributed by atoms with Crippen LogP contribution in [0.25, 0.3) is 0 Å². The molecule has 1 spiro atoms. The van der Waals surface area contributed by atoms with Crippen LogP contribution in [0.5, 0.6) is 0 Å². The predicted molar refractivity (Wildman–Crippen MR) is 70.6 cm³/mol. The fraction of sp³-hybridized carbons (Fsp3) is 0.545. The zero-order chi connectivity index (χ0) is 15.3. The maximum Gasteiger partial charge on any atom is 0.322 e. The lowest BCUT2D eigenvalue weighted by Gasteiger charge is -2.36. The Bertz CT molecular complexity index is 712. The van der Waals surface area contributed by atoms with Crippen molar-refractivity contribution in [1.29, 1.82) is 0 Å². The Balaban J connectivity index is 1.90. The summed E-state index contributed by atoms with van der Waals surface area (Å²) in [4.78, 5) is 23.4. The number of carbonyl (C=O) groups excluding carboxylic acids is 2. The lowest BCUT2D eigenvalue weighted by Crippen LogP contribution is -2.59. The van der Waals surface area contributed by atoms with Crippen LogP contribution in [0.4, 0.5) is 4.79 Å². The number of hydrogen-bond acceptors (Lipinski definition) is 5. The Morgan fingerprint density at radius 1 is 1.38 bits per heavy atom. The maximum absolute atomic E-state index is 12.6. The Morgan fingerprint density at radius 3 is 2.71 bits per heavy atom. The number of nitrogens with one attached hydrogen (secondary N) is 2. The second-order valence-corrected chi connectivity index (χ2v) is 7.22. The van der Waals surface area contributed by atoms with Crippen LogP contribution in [0.2, 0.25) is 0 Å². The minimum atomic E-state index is -3.73. The van der Waals surface area contributed by atoms with Gasteiger partial charge >= 0.3 is 6.03 Å². The second-order valence-electron chi connectivity index (χ2n) is 5.28. The summed E-state index contributed by atoms with van der Waals surface area (Å²) < 4.78 is 27.7. The van der Waals surface area contributed by atoms with Crippen molar-refractivity contribution in [3.8, 4) is 0 Å². The SMILES string of the molecule is Cn1cc(S(=O)(=O)N2CCCC3(C2)NC(=O)NC3=O)cn1. The molecule has 1 unspecified atom stereocenters. The number of rotatable bonds is 2. The third kappa shape index (κ3) is 2.20. The molecule has 2 N–H and O–H groups in total. The van der Waals surface area contributed by atoms with Gasteiger partial charge in [-0.25, -0.2) is 13.2 Å². The van der Waals surface area contributed by atoms with E-state index in [0.29, 0.717) is 19.4 Å². The van der Waals surface area contributed by atoms with Gasteiger partial charge in [0.1, 0.15) is 10.4 Å². The van der Waals surface area contributed by atoms with Gasteiger partial charge in [0.2, 0.25) is 10.0 Å². The van der Waals surface area contributed by atoms with E-state index in [1.807, 2.05) is 0 Å². The lowest BCUT2D eigenvalue weighted by molar-refractivity contribution is -0.125. The molecule has 2 aliphatic heterocycles. The highest BCUT2D eigenvalue weighted by atomic mass is 32.2. The molecule has 10 heteroatoms. The third-order valence-corrected chi connectivity index (χ3v) is 5.59. The van der Waals surface area contributed by atoms with Gasteiger partial charge in [0, 0.05) is 26.3 Å². The number of piperidine rings is 1. The maximum atomic E-state index is 12.6. The van der Waals surface area contributed by atoms with Crippen LogP contribution in [0.1, 0.15) is 12.8 Å². The minimum absolute atomic E-state index is 0.0677. The highest BCUT2D eigenvalue weighted by molar-refractivity contribution is 7.89. The molecule has 0 saturated carbocycles. The van der Waals surface area contributed by atoms with Crippen LogP contribution in [-0.4, -0.2) is 53.1 Å². The Hall–Kier alpha value is -1.94. The number of imide groups is 1. The average Bonchev–Trinajstić information content (AvgIpc) is 2.95. The smallest absolute Gasteiger partial charge is 0.322 e. The molecule has 1 atom stereocenters. The average molecular weight is 313 g/mol. The largest absolute Gasteiger partial charge is 0.322 e. The summed E-state index contributed by atoms with van der Waals surface area (Å²) in [5, 5.41) is 8.57. The van der Waals surface area contributed by atoms with Gasteiger partial charge in [-0.2, -0.15) is 9.40 Å². The first-order chi connectivity index (χ1) is 9.83. The van der Waals surface area contributed by atoms with Crippen LogP contribution in [-0.2, 0) is 21.9 Å². The summed E-state index contributed by atoms with van der Waals surface area (Å²) in [7, 11) is -2.10. The van der Waals surface area contributed by atoms with Crippen molar-refractivity contribution >= 4 is 22.0 Å². The van der Waals surface area contributed by atoms with Gasteiger partial charge in [-0.1, -0.05) is 0 Å². The van der Waals surface area contributed by atoms with Crippen LogP contribution in [0.15, 0.2) is 17.3 Å². The molecule has 0 aliphatic carbocycles. The topological polar surface area (TPSA) is 113 Å². The second kappa shape index (κ2) is 4.53. The fourth-order valence-corrected chi connectivity index (χ4v) is 4.24. The van der Waals surface area contributed by atoms with Crippen molar-refractivity contribution in [2.45, 2.75) is 23.3 Å². The van der Waals surface area contributed by atoms with Gasteiger partial charge in [0.15, 0.2) is 0 Å². The van der Waals surface area contributed by atoms with Gasteiger partial charge in [-0.15, -0.1) is 0 Å². The first-order valence-electron chi connectivity index (χ1n) is 6.46. The molecule has 0 aromatic carbocycles. The number of aromatic nitrogens is 2. The molecule has 9 nitrogen and oxygen atoms in total. The zero-order valence-corrected chi connectivity index (χ0v) is 12.2. The number of aryl methyl sites for hydroxylation is 1. The quantitative estimate of drug-likeness (QED) is 0.665. The Morgan fingerprint density at radius 2 is 2.14 bits per heavy atom. The first-order valence-corrected chi connectivity index (χ1v) is 7.90. The summed E-state index contributed by atoms with van der Waals surface area (Å²) in [6.45, 7) is 0.240. The van der Waals surface area contributed by atoms with Gasteiger partial charge < -0.3 is 5.32 Å². The molecular formula is C11H15N5O4S. The van der Waals surface area contributed by atoms with Crippen molar-refractivity contribution < 1.29 is 18.0 Å². The van der Waals surface area contributed by atoms with E-state index in [1.165, 1.54) is 21.4 Å². The van der Waals surface area contributed by atoms with Crippen molar-refractivity contribution in [3.05, 3.63) is 12.4 Å². The van der Waals surface area contributed by atoms with Gasteiger partial charge in [-0.3, -0.25) is 14.8 Å². The van der Waals surface area contributed by atoms with Crippen LogP contribution in [0.3, 0.4) is 0 Å². The molecule has 3 heterocycles. The van der Waals surface area contributed by atoms with Crippen molar-refractivity contribution in [2.24, 2.45) is 7.05 Å². The molecule has 1 aromatic rings. The van der Waals surface area contributed by atoms with Gasteiger partial charge in [-0.05, 0) is 12.8 Å². The van der Waals surface area contributed by atoms with E-state index in [1.54, 1.807) is 7.05 Å². The zero-order valence-electron chi connectivity index (χ0n) is 11.4. The van der Waals surface area contributed by atoms with Crippen LogP contribution in [0, 0.1) is 0 Å². The third-order valence-electron chi connectivity index (χ3n) is 3.79. The molecule has 1 aromatic heterocycles. The van der Waals surface area contributed by atoms with E-state index in [0.717, 1.165) is 0 Å². The molecule has 21 heavy (non-hydrogen) atoms. The molecule has 2 fully saturated rings. The van der Waals surface area contributed by atoms with E-state index >= 15 is 0 Å².